The van der Waals surface area contributed by atoms with Gasteiger partial charge in [0.15, 0.2) is 5.82 Å². The molecular formula is C35H39ClN8O3S. The summed E-state index contributed by atoms with van der Waals surface area (Å²) < 4.78 is 2.05. The third-order valence-corrected chi connectivity index (χ3v) is 9.47. The molecule has 2 amide bonds. The molecule has 0 saturated carbocycles. The Kier molecular flexibility index (Phi) is 11.1. The lowest BCUT2D eigenvalue weighted by atomic mass is 9.99. The first-order valence-corrected chi connectivity index (χ1v) is 16.8. The molecule has 2 aromatic carbocycles. The van der Waals surface area contributed by atoms with E-state index in [2.05, 4.69) is 46.5 Å². The SMILES string of the molecule is Cc1sc2c(c1C)C(c1ccc(Cl)cc1)=N[C@@H](CC(O)NCCCC(=O)Nc1ccc(C(=O)N(C)C)c(C#CCN)c1)c1nnc(C)n1-2. The van der Waals surface area contributed by atoms with Crippen LogP contribution in [0.3, 0.4) is 0 Å². The van der Waals surface area contributed by atoms with E-state index in [9.17, 15) is 14.7 Å². The van der Waals surface area contributed by atoms with Gasteiger partial charge in [-0.2, -0.15) is 0 Å². The van der Waals surface area contributed by atoms with Crippen LogP contribution in [0, 0.1) is 32.6 Å². The zero-order valence-electron chi connectivity index (χ0n) is 27.6. The summed E-state index contributed by atoms with van der Waals surface area (Å²) in [6, 6.07) is 12.1. The van der Waals surface area contributed by atoms with Crippen LogP contribution in [0.4, 0.5) is 5.69 Å². The van der Waals surface area contributed by atoms with Crippen molar-refractivity contribution in [3.63, 3.8) is 0 Å². The zero-order chi connectivity index (χ0) is 34.5. The number of nitrogens with zero attached hydrogens (tertiary/aromatic N) is 5. The summed E-state index contributed by atoms with van der Waals surface area (Å²) in [5.41, 5.74) is 10.9. The average molecular weight is 687 g/mol. The topological polar surface area (TPSA) is 151 Å². The van der Waals surface area contributed by atoms with Crippen LogP contribution in [0.2, 0.25) is 5.02 Å². The van der Waals surface area contributed by atoms with Gasteiger partial charge in [0.1, 0.15) is 23.1 Å². The molecule has 5 N–H and O–H groups in total. The summed E-state index contributed by atoms with van der Waals surface area (Å²) >= 11 is 7.89. The first-order chi connectivity index (χ1) is 23.0. The van der Waals surface area contributed by atoms with Gasteiger partial charge in [-0.3, -0.25) is 24.5 Å². The molecule has 0 aliphatic carbocycles. The number of halogens is 1. The molecular weight excluding hydrogens is 648 g/mol. The molecule has 1 aliphatic heterocycles. The van der Waals surface area contributed by atoms with E-state index in [0.717, 1.165) is 33.2 Å². The monoisotopic (exact) mass is 686 g/mol. The number of hydrogen-bond donors (Lipinski definition) is 4. The number of amides is 2. The molecule has 2 atom stereocenters. The standard InChI is InChI=1S/C35H39ClN8O3S/c1-20-21(2)48-35-31(20)32(23-10-12-25(36)13-11-23)40-28(33-42-41-22(3)44(33)35)19-30(46)38-17-7-9-29(45)39-26-14-15-27(34(47)43(4)5)24(18-26)8-6-16-37/h10-15,18,28,30,38,46H,7,9,16-17,19,37H2,1-5H3,(H,39,45)/t28-,30?/m0/s1. The molecule has 4 aromatic rings. The number of fused-ring (bicyclic) bond motifs is 3. The maximum absolute atomic E-state index is 12.8. The predicted octanol–water partition coefficient (Wildman–Crippen LogP) is 4.53. The van der Waals surface area contributed by atoms with Crippen molar-refractivity contribution in [2.24, 2.45) is 10.7 Å². The van der Waals surface area contributed by atoms with Crippen LogP contribution in [0.15, 0.2) is 47.5 Å². The lowest BCUT2D eigenvalue weighted by Crippen LogP contribution is -2.32. The molecule has 0 fully saturated rings. The van der Waals surface area contributed by atoms with Crippen molar-refractivity contribution < 1.29 is 14.7 Å². The predicted molar refractivity (Wildman–Crippen MR) is 190 cm³/mol. The van der Waals surface area contributed by atoms with Crippen molar-refractivity contribution in [3.8, 4) is 16.8 Å². The largest absolute Gasteiger partial charge is 0.379 e. The van der Waals surface area contributed by atoms with Crippen molar-refractivity contribution in [2.75, 3.05) is 32.5 Å². The van der Waals surface area contributed by atoms with Crippen LogP contribution in [-0.4, -0.2) is 75.7 Å². The Bertz CT molecular complexity index is 1920. The van der Waals surface area contributed by atoms with Crippen LogP contribution >= 0.6 is 22.9 Å². The first-order valence-electron chi connectivity index (χ1n) is 15.6. The molecule has 0 bridgehead atoms. The fourth-order valence-corrected chi connectivity index (χ4v) is 6.83. The Hall–Kier alpha value is -4.38. The average Bonchev–Trinajstić information content (AvgIpc) is 3.53. The fraction of sp³-hybridized carbons (Fsp3) is 0.343. The Morgan fingerprint density at radius 2 is 1.90 bits per heavy atom. The number of anilines is 1. The molecule has 0 spiro atoms. The van der Waals surface area contributed by atoms with Crippen molar-refractivity contribution in [1.82, 2.24) is 25.0 Å². The maximum atomic E-state index is 12.8. The van der Waals surface area contributed by atoms with Crippen LogP contribution in [0.1, 0.15) is 74.4 Å². The highest BCUT2D eigenvalue weighted by Gasteiger charge is 2.32. The summed E-state index contributed by atoms with van der Waals surface area (Å²) in [4.78, 5) is 33.1. The maximum Gasteiger partial charge on any atom is 0.254 e. The smallest absolute Gasteiger partial charge is 0.254 e. The summed E-state index contributed by atoms with van der Waals surface area (Å²) in [7, 11) is 3.33. The van der Waals surface area contributed by atoms with E-state index < -0.39 is 12.3 Å². The van der Waals surface area contributed by atoms with Gasteiger partial charge in [-0.1, -0.05) is 35.6 Å². The van der Waals surface area contributed by atoms with Gasteiger partial charge >= 0.3 is 0 Å². The molecule has 0 saturated heterocycles. The molecule has 48 heavy (non-hydrogen) atoms. The Labute approximate surface area is 289 Å². The molecule has 5 rings (SSSR count). The van der Waals surface area contributed by atoms with Gasteiger partial charge in [0.05, 0.1) is 17.8 Å². The molecule has 1 unspecified atom stereocenters. The Morgan fingerprint density at radius 1 is 1.15 bits per heavy atom. The number of rotatable bonds is 10. The summed E-state index contributed by atoms with van der Waals surface area (Å²) in [6.45, 7) is 6.66. The third-order valence-electron chi connectivity index (χ3n) is 8.03. The highest BCUT2D eigenvalue weighted by molar-refractivity contribution is 7.15. The number of hydrogen-bond acceptors (Lipinski definition) is 9. The van der Waals surface area contributed by atoms with E-state index in [4.69, 9.17) is 22.3 Å². The minimum atomic E-state index is -0.914. The number of aliphatic hydroxyl groups is 1. The number of benzene rings is 2. The normalized spacial score (nSPS) is 14.2. The second kappa shape index (κ2) is 15.2. The molecule has 250 valence electrons. The van der Waals surface area contributed by atoms with E-state index in [1.807, 2.05) is 35.8 Å². The number of carbonyl (C=O) groups is 2. The van der Waals surface area contributed by atoms with Gasteiger partial charge in [0.25, 0.3) is 5.91 Å². The highest BCUT2D eigenvalue weighted by Crippen LogP contribution is 2.39. The van der Waals surface area contributed by atoms with E-state index in [1.165, 1.54) is 9.78 Å². The number of thiophene rings is 1. The molecule has 11 nitrogen and oxygen atoms in total. The number of aromatic nitrogens is 3. The van der Waals surface area contributed by atoms with Gasteiger partial charge in [0.2, 0.25) is 5.91 Å². The number of aliphatic imine (C=N–C) groups is 1. The lowest BCUT2D eigenvalue weighted by molar-refractivity contribution is -0.116. The summed E-state index contributed by atoms with van der Waals surface area (Å²) in [6.07, 6.45) is 0.0352. The molecule has 1 aliphatic rings. The van der Waals surface area contributed by atoms with E-state index in [1.54, 1.807) is 43.6 Å². The van der Waals surface area contributed by atoms with Crippen LogP contribution < -0.4 is 16.4 Å². The van der Waals surface area contributed by atoms with Gasteiger partial charge in [-0.25, -0.2) is 0 Å². The number of nitrogens with one attached hydrogen (secondary N) is 2. The lowest BCUT2D eigenvalue weighted by Gasteiger charge is -2.18. The van der Waals surface area contributed by atoms with E-state index in [0.29, 0.717) is 40.6 Å². The van der Waals surface area contributed by atoms with E-state index in [-0.39, 0.29) is 31.2 Å². The van der Waals surface area contributed by atoms with Crippen molar-refractivity contribution in [1.29, 1.82) is 0 Å². The molecule has 13 heteroatoms. The number of carbonyl (C=O) groups excluding carboxylic acids is 2. The number of aliphatic hydroxyl groups excluding tert-OH is 1. The van der Waals surface area contributed by atoms with Gasteiger partial charge < -0.3 is 21.1 Å². The first kappa shape index (κ1) is 34.9. The minimum absolute atomic E-state index is 0.149. The molecule has 2 aromatic heterocycles. The summed E-state index contributed by atoms with van der Waals surface area (Å²) in [5.74, 6) is 6.71. The zero-order valence-corrected chi connectivity index (χ0v) is 29.2. The van der Waals surface area contributed by atoms with Gasteiger partial charge in [-0.15, -0.1) is 21.5 Å². The van der Waals surface area contributed by atoms with Gasteiger partial charge in [-0.05, 0) is 69.6 Å². The van der Waals surface area contributed by atoms with Crippen molar-refractivity contribution >= 4 is 46.2 Å². The molecule has 3 heterocycles. The second-order valence-electron chi connectivity index (χ2n) is 11.7. The highest BCUT2D eigenvalue weighted by atomic mass is 35.5. The van der Waals surface area contributed by atoms with E-state index >= 15 is 0 Å². The number of nitrogens with two attached hydrogens (primary N) is 1. The second-order valence-corrected chi connectivity index (χ2v) is 13.4. The van der Waals surface area contributed by atoms with Crippen molar-refractivity contribution in [3.05, 3.63) is 91.8 Å². The van der Waals surface area contributed by atoms with Crippen LogP contribution in [0.5, 0.6) is 0 Å². The van der Waals surface area contributed by atoms with Crippen molar-refractivity contribution in [2.45, 2.75) is 52.3 Å². The third kappa shape index (κ3) is 7.67. The molecule has 0 radical (unpaired) electrons. The van der Waals surface area contributed by atoms with Crippen LogP contribution in [0.25, 0.3) is 5.00 Å². The van der Waals surface area contributed by atoms with Gasteiger partial charge in [0, 0.05) is 59.2 Å². The fourth-order valence-electron chi connectivity index (χ4n) is 5.49. The Balaban J connectivity index is 1.25. The van der Waals surface area contributed by atoms with Crippen LogP contribution in [-0.2, 0) is 4.79 Å². The number of aryl methyl sites for hydroxylation is 2. The summed E-state index contributed by atoms with van der Waals surface area (Å²) in [5, 5.41) is 27.6. The Morgan fingerprint density at radius 3 is 2.60 bits per heavy atom. The quantitative estimate of drug-likeness (QED) is 0.109. The minimum Gasteiger partial charge on any atom is -0.379 e.